The number of thiophene rings is 1. The van der Waals surface area contributed by atoms with E-state index in [0.717, 1.165) is 39.8 Å². The molecule has 1 amide bonds. The van der Waals surface area contributed by atoms with E-state index in [1.165, 1.54) is 40.4 Å². The van der Waals surface area contributed by atoms with Crippen LogP contribution in [0.2, 0.25) is 0 Å². The molecule has 0 fully saturated rings. The summed E-state index contributed by atoms with van der Waals surface area (Å²) in [5.74, 6) is 1.95. The number of aryl methyl sites for hydroxylation is 3. The third-order valence-electron chi connectivity index (χ3n) is 4.88. The van der Waals surface area contributed by atoms with E-state index in [4.69, 9.17) is 4.74 Å². The van der Waals surface area contributed by atoms with Crippen LogP contribution < -0.4 is 10.1 Å². The summed E-state index contributed by atoms with van der Waals surface area (Å²) < 4.78 is 5.16. The van der Waals surface area contributed by atoms with Gasteiger partial charge in [0.15, 0.2) is 0 Å². The SMILES string of the molecule is COc1ccc(CNC(=O)CSc2nc(C)nc3sc4c(c23)CCCC4)cc1. The molecule has 3 aromatic rings. The lowest BCUT2D eigenvalue weighted by Gasteiger charge is -2.12. The number of carbonyl (C=O) groups is 1. The van der Waals surface area contributed by atoms with Gasteiger partial charge in [0.1, 0.15) is 21.4 Å². The molecule has 5 nitrogen and oxygen atoms in total. The van der Waals surface area contributed by atoms with Crippen LogP contribution >= 0.6 is 23.1 Å². The van der Waals surface area contributed by atoms with Crippen molar-refractivity contribution in [3.8, 4) is 5.75 Å². The fourth-order valence-electron chi connectivity index (χ4n) is 3.46. The van der Waals surface area contributed by atoms with Crippen LogP contribution in [0.1, 0.15) is 34.7 Å². The molecule has 4 rings (SSSR count). The second kappa shape index (κ2) is 8.49. The Balaban J connectivity index is 1.43. The molecule has 0 aliphatic heterocycles. The molecule has 28 heavy (non-hydrogen) atoms. The standard InChI is InChI=1S/C21H23N3O2S2/c1-13-23-20(19-16-5-3-4-6-17(16)28-21(19)24-13)27-12-18(25)22-11-14-7-9-15(26-2)10-8-14/h7-10H,3-6,11-12H2,1-2H3,(H,22,25). The van der Waals surface area contributed by atoms with Gasteiger partial charge in [-0.3, -0.25) is 4.79 Å². The predicted molar refractivity (Wildman–Crippen MR) is 114 cm³/mol. The molecule has 1 N–H and O–H groups in total. The van der Waals surface area contributed by atoms with E-state index in [2.05, 4.69) is 15.3 Å². The number of benzene rings is 1. The molecule has 0 spiro atoms. The smallest absolute Gasteiger partial charge is 0.230 e. The molecule has 0 saturated heterocycles. The lowest BCUT2D eigenvalue weighted by Crippen LogP contribution is -2.24. The van der Waals surface area contributed by atoms with Gasteiger partial charge in [0.05, 0.1) is 12.9 Å². The first-order chi connectivity index (χ1) is 13.6. The summed E-state index contributed by atoms with van der Waals surface area (Å²) in [7, 11) is 1.64. The van der Waals surface area contributed by atoms with Crippen LogP contribution in [0.25, 0.3) is 10.2 Å². The minimum Gasteiger partial charge on any atom is -0.497 e. The van der Waals surface area contributed by atoms with Crippen molar-refractivity contribution in [2.75, 3.05) is 12.9 Å². The number of hydrogen-bond donors (Lipinski definition) is 1. The first kappa shape index (κ1) is 19.2. The van der Waals surface area contributed by atoms with Crippen molar-refractivity contribution in [2.45, 2.75) is 44.2 Å². The summed E-state index contributed by atoms with van der Waals surface area (Å²) in [5.41, 5.74) is 2.46. The van der Waals surface area contributed by atoms with Crippen molar-refractivity contribution in [3.05, 3.63) is 46.1 Å². The number of rotatable bonds is 6. The second-order valence-electron chi connectivity index (χ2n) is 6.88. The zero-order valence-corrected chi connectivity index (χ0v) is 17.7. The number of amides is 1. The molecular weight excluding hydrogens is 390 g/mol. The Kier molecular flexibility index (Phi) is 5.82. The van der Waals surface area contributed by atoms with Crippen LogP contribution in [-0.2, 0) is 24.2 Å². The molecule has 146 valence electrons. The molecule has 2 aromatic heterocycles. The van der Waals surface area contributed by atoms with Crippen molar-refractivity contribution < 1.29 is 9.53 Å². The van der Waals surface area contributed by atoms with Crippen molar-refractivity contribution in [2.24, 2.45) is 0 Å². The van der Waals surface area contributed by atoms with Gasteiger partial charge < -0.3 is 10.1 Å². The number of aromatic nitrogens is 2. The zero-order chi connectivity index (χ0) is 19.5. The number of ether oxygens (including phenoxy) is 1. The second-order valence-corrected chi connectivity index (χ2v) is 8.93. The van der Waals surface area contributed by atoms with Crippen molar-refractivity contribution in [1.29, 1.82) is 0 Å². The Labute approximate surface area is 172 Å². The van der Waals surface area contributed by atoms with Crippen LogP contribution in [0.15, 0.2) is 29.3 Å². The van der Waals surface area contributed by atoms with E-state index in [9.17, 15) is 4.79 Å². The third kappa shape index (κ3) is 4.15. The molecule has 0 bridgehead atoms. The topological polar surface area (TPSA) is 64.1 Å². The fraction of sp³-hybridized carbons (Fsp3) is 0.381. The summed E-state index contributed by atoms with van der Waals surface area (Å²) in [6.07, 6.45) is 4.71. The van der Waals surface area contributed by atoms with Crippen molar-refractivity contribution >= 4 is 39.2 Å². The maximum absolute atomic E-state index is 12.4. The van der Waals surface area contributed by atoms with Gasteiger partial charge in [-0.25, -0.2) is 9.97 Å². The Hall–Kier alpha value is -2.12. The third-order valence-corrected chi connectivity index (χ3v) is 7.04. The molecule has 0 atom stereocenters. The number of carbonyl (C=O) groups excluding carboxylic acids is 1. The van der Waals surface area contributed by atoms with Gasteiger partial charge in [-0.05, 0) is 55.9 Å². The quantitative estimate of drug-likeness (QED) is 0.482. The van der Waals surface area contributed by atoms with E-state index in [-0.39, 0.29) is 5.91 Å². The Morgan fingerprint density at radius 2 is 2.00 bits per heavy atom. The number of fused-ring (bicyclic) bond motifs is 3. The molecular formula is C21H23N3O2S2. The van der Waals surface area contributed by atoms with Crippen LogP contribution in [0.5, 0.6) is 5.75 Å². The van der Waals surface area contributed by atoms with E-state index < -0.39 is 0 Å². The average molecular weight is 414 g/mol. The highest BCUT2D eigenvalue weighted by molar-refractivity contribution is 8.00. The van der Waals surface area contributed by atoms with E-state index >= 15 is 0 Å². The summed E-state index contributed by atoms with van der Waals surface area (Å²) in [5, 5.41) is 5.11. The Morgan fingerprint density at radius 1 is 1.21 bits per heavy atom. The molecule has 0 radical (unpaired) electrons. The van der Waals surface area contributed by atoms with Gasteiger partial charge in [-0.2, -0.15) is 0 Å². The molecule has 7 heteroatoms. The highest BCUT2D eigenvalue weighted by Gasteiger charge is 2.21. The average Bonchev–Trinajstić information content (AvgIpc) is 3.09. The van der Waals surface area contributed by atoms with Gasteiger partial charge >= 0.3 is 0 Å². The Bertz CT molecular complexity index is 999. The molecule has 2 heterocycles. The van der Waals surface area contributed by atoms with Crippen LogP contribution in [0, 0.1) is 6.92 Å². The Morgan fingerprint density at radius 3 is 2.79 bits per heavy atom. The van der Waals surface area contributed by atoms with Crippen molar-refractivity contribution in [1.82, 2.24) is 15.3 Å². The summed E-state index contributed by atoms with van der Waals surface area (Å²) in [6, 6.07) is 7.72. The molecule has 0 unspecified atom stereocenters. The first-order valence-corrected chi connectivity index (χ1v) is 11.3. The van der Waals surface area contributed by atoms with E-state index in [0.29, 0.717) is 12.3 Å². The molecule has 1 aliphatic carbocycles. The number of nitrogens with one attached hydrogen (secondary N) is 1. The maximum atomic E-state index is 12.4. The summed E-state index contributed by atoms with van der Waals surface area (Å²) in [6.45, 7) is 2.43. The van der Waals surface area contributed by atoms with Gasteiger partial charge in [-0.1, -0.05) is 23.9 Å². The van der Waals surface area contributed by atoms with E-state index in [1.54, 1.807) is 18.4 Å². The van der Waals surface area contributed by atoms with Crippen LogP contribution in [0.4, 0.5) is 0 Å². The number of thioether (sulfide) groups is 1. The summed E-state index contributed by atoms with van der Waals surface area (Å²) >= 11 is 3.31. The first-order valence-electron chi connectivity index (χ1n) is 9.45. The number of methoxy groups -OCH3 is 1. The highest BCUT2D eigenvalue weighted by atomic mass is 32.2. The predicted octanol–water partition coefficient (Wildman–Crippen LogP) is 4.30. The minimum atomic E-state index is 0.00864. The minimum absolute atomic E-state index is 0.00864. The van der Waals surface area contributed by atoms with Gasteiger partial charge in [0.2, 0.25) is 5.91 Å². The normalized spacial score (nSPS) is 13.4. The highest BCUT2D eigenvalue weighted by Crippen LogP contribution is 2.39. The fourth-order valence-corrected chi connectivity index (χ4v) is 5.76. The number of nitrogens with zero attached hydrogens (tertiary/aromatic N) is 2. The molecule has 1 aliphatic rings. The van der Waals surface area contributed by atoms with E-state index in [1.807, 2.05) is 31.2 Å². The lowest BCUT2D eigenvalue weighted by molar-refractivity contribution is -0.118. The number of hydrogen-bond acceptors (Lipinski definition) is 6. The zero-order valence-electron chi connectivity index (χ0n) is 16.1. The maximum Gasteiger partial charge on any atom is 0.230 e. The molecule has 0 saturated carbocycles. The lowest BCUT2D eigenvalue weighted by atomic mass is 9.97. The van der Waals surface area contributed by atoms with Gasteiger partial charge in [0, 0.05) is 16.8 Å². The van der Waals surface area contributed by atoms with Gasteiger partial charge in [-0.15, -0.1) is 11.3 Å². The largest absolute Gasteiger partial charge is 0.497 e. The molecule has 1 aromatic carbocycles. The summed E-state index contributed by atoms with van der Waals surface area (Å²) in [4.78, 5) is 24.2. The van der Waals surface area contributed by atoms with Crippen LogP contribution in [-0.4, -0.2) is 28.7 Å². The van der Waals surface area contributed by atoms with Crippen molar-refractivity contribution in [3.63, 3.8) is 0 Å². The van der Waals surface area contributed by atoms with Gasteiger partial charge in [0.25, 0.3) is 0 Å². The van der Waals surface area contributed by atoms with Crippen LogP contribution in [0.3, 0.4) is 0 Å². The monoisotopic (exact) mass is 413 g/mol.